The molecule has 1 aromatic rings. The minimum atomic E-state index is -0.728. The third kappa shape index (κ3) is 2.80. The normalized spacial score (nSPS) is 27.6. The number of aliphatic carboxylic acids is 1. The van der Waals surface area contributed by atoms with Crippen LogP contribution in [-0.2, 0) is 4.79 Å². The number of amides is 1. The van der Waals surface area contributed by atoms with Crippen molar-refractivity contribution in [3.63, 3.8) is 0 Å². The number of hydrogen-bond acceptors (Lipinski definition) is 3. The number of rotatable bonds is 2. The zero-order chi connectivity index (χ0) is 17.5. The zero-order valence-electron chi connectivity index (χ0n) is 14.1. The molecule has 1 aromatic carbocycles. The molecule has 2 fully saturated rings. The Hall–Kier alpha value is -1.59. The third-order valence-corrected chi connectivity index (χ3v) is 5.89. The number of nitrogens with zero attached hydrogens (tertiary/aromatic N) is 2. The van der Waals surface area contributed by atoms with Gasteiger partial charge in [-0.25, -0.2) is 0 Å². The molecule has 3 rings (SSSR count). The van der Waals surface area contributed by atoms with Crippen molar-refractivity contribution in [1.82, 2.24) is 9.80 Å². The number of carbonyl (C=O) groups excluding carboxylic acids is 1. The summed E-state index contributed by atoms with van der Waals surface area (Å²) in [5.41, 5.74) is 0.763. The summed E-state index contributed by atoms with van der Waals surface area (Å²) in [6, 6.07) is 5.13. The molecule has 24 heavy (non-hydrogen) atoms. The Labute approximate surface area is 147 Å². The van der Waals surface area contributed by atoms with Crippen LogP contribution in [0.3, 0.4) is 0 Å². The van der Waals surface area contributed by atoms with E-state index in [1.165, 1.54) is 0 Å². The van der Waals surface area contributed by atoms with E-state index >= 15 is 0 Å². The van der Waals surface area contributed by atoms with Gasteiger partial charge in [-0.05, 0) is 63.5 Å². The van der Waals surface area contributed by atoms with Crippen molar-refractivity contribution < 1.29 is 14.7 Å². The molecule has 2 atom stereocenters. The molecule has 0 aliphatic carbocycles. The summed E-state index contributed by atoms with van der Waals surface area (Å²) in [7, 11) is 1.96. The van der Waals surface area contributed by atoms with Gasteiger partial charge in [0.15, 0.2) is 0 Å². The van der Waals surface area contributed by atoms with Crippen molar-refractivity contribution in [3.8, 4) is 0 Å². The fourth-order valence-electron chi connectivity index (χ4n) is 4.21. The van der Waals surface area contributed by atoms with E-state index in [-0.39, 0.29) is 11.9 Å². The van der Waals surface area contributed by atoms with E-state index in [9.17, 15) is 14.7 Å². The van der Waals surface area contributed by atoms with E-state index in [1.807, 2.05) is 14.0 Å². The van der Waals surface area contributed by atoms with Gasteiger partial charge in [-0.1, -0.05) is 11.6 Å². The van der Waals surface area contributed by atoms with Gasteiger partial charge in [-0.2, -0.15) is 0 Å². The Morgan fingerprint density at radius 2 is 2.04 bits per heavy atom. The maximum atomic E-state index is 12.9. The second-order valence-corrected chi connectivity index (χ2v) is 7.46. The highest BCUT2D eigenvalue weighted by Crippen LogP contribution is 2.42. The van der Waals surface area contributed by atoms with Crippen molar-refractivity contribution in [2.24, 2.45) is 5.41 Å². The quantitative estimate of drug-likeness (QED) is 0.890. The highest BCUT2D eigenvalue weighted by atomic mass is 35.5. The van der Waals surface area contributed by atoms with Crippen molar-refractivity contribution in [2.75, 3.05) is 26.7 Å². The largest absolute Gasteiger partial charge is 0.481 e. The molecular formula is C18H23ClN2O3. The Bertz CT molecular complexity index is 678. The zero-order valence-corrected chi connectivity index (χ0v) is 14.8. The molecule has 0 spiro atoms. The van der Waals surface area contributed by atoms with Crippen LogP contribution in [0.4, 0.5) is 0 Å². The molecule has 6 heteroatoms. The molecule has 0 bridgehead atoms. The Kier molecular flexibility index (Phi) is 4.58. The van der Waals surface area contributed by atoms with Crippen molar-refractivity contribution in [2.45, 2.75) is 32.2 Å². The Balaban J connectivity index is 1.85. The van der Waals surface area contributed by atoms with Crippen molar-refractivity contribution in [1.29, 1.82) is 0 Å². The molecule has 1 N–H and O–H groups in total. The smallest absolute Gasteiger partial charge is 0.311 e. The van der Waals surface area contributed by atoms with Crippen molar-refractivity contribution >= 4 is 23.5 Å². The van der Waals surface area contributed by atoms with Gasteiger partial charge in [0, 0.05) is 29.7 Å². The number of likely N-dealkylation sites (N-methyl/N-ethyl adjacent to an activating group) is 1. The molecule has 5 nitrogen and oxygen atoms in total. The van der Waals surface area contributed by atoms with Crippen LogP contribution in [0.5, 0.6) is 0 Å². The van der Waals surface area contributed by atoms with Crippen LogP contribution in [-0.4, -0.2) is 59.5 Å². The molecule has 2 heterocycles. The van der Waals surface area contributed by atoms with Crippen molar-refractivity contribution in [3.05, 3.63) is 34.3 Å². The monoisotopic (exact) mass is 350 g/mol. The first-order valence-corrected chi connectivity index (χ1v) is 8.72. The number of fused-ring (bicyclic) bond motifs is 1. The molecule has 2 aliphatic heterocycles. The van der Waals surface area contributed by atoms with Gasteiger partial charge < -0.3 is 14.9 Å². The van der Waals surface area contributed by atoms with Crippen LogP contribution >= 0.6 is 11.6 Å². The summed E-state index contributed by atoms with van der Waals surface area (Å²) >= 11 is 5.97. The van der Waals surface area contributed by atoms with Crippen LogP contribution in [0.1, 0.15) is 35.2 Å². The van der Waals surface area contributed by atoms with Crippen LogP contribution in [0.2, 0.25) is 5.02 Å². The second kappa shape index (κ2) is 6.37. The summed E-state index contributed by atoms with van der Waals surface area (Å²) in [6.07, 6.45) is 2.10. The maximum Gasteiger partial charge on any atom is 0.311 e. The molecule has 1 amide bonds. The van der Waals surface area contributed by atoms with Gasteiger partial charge in [0.05, 0.1) is 5.41 Å². The van der Waals surface area contributed by atoms with Crippen LogP contribution < -0.4 is 0 Å². The predicted octanol–water partition coefficient (Wildman–Crippen LogP) is 2.66. The second-order valence-electron chi connectivity index (χ2n) is 7.02. The summed E-state index contributed by atoms with van der Waals surface area (Å²) < 4.78 is 0. The lowest BCUT2D eigenvalue weighted by Crippen LogP contribution is -2.63. The summed E-state index contributed by atoms with van der Waals surface area (Å²) in [6.45, 7) is 3.69. The van der Waals surface area contributed by atoms with Gasteiger partial charge in [0.2, 0.25) is 0 Å². The fourth-order valence-corrected chi connectivity index (χ4v) is 4.43. The molecule has 2 aliphatic rings. The molecule has 130 valence electrons. The molecule has 0 saturated carbocycles. The summed E-state index contributed by atoms with van der Waals surface area (Å²) in [4.78, 5) is 28.8. The number of piperidine rings is 2. The summed E-state index contributed by atoms with van der Waals surface area (Å²) in [5.74, 6) is -0.768. The van der Waals surface area contributed by atoms with Gasteiger partial charge in [0.1, 0.15) is 0 Å². The van der Waals surface area contributed by atoms with Gasteiger partial charge in [0.25, 0.3) is 5.91 Å². The first-order valence-electron chi connectivity index (χ1n) is 8.34. The Morgan fingerprint density at radius 3 is 2.71 bits per heavy atom. The highest BCUT2D eigenvalue weighted by molar-refractivity contribution is 6.30. The van der Waals surface area contributed by atoms with E-state index in [4.69, 9.17) is 11.6 Å². The lowest BCUT2D eigenvalue weighted by molar-refractivity contribution is -0.161. The number of carbonyl (C=O) groups is 2. The van der Waals surface area contributed by atoms with E-state index < -0.39 is 11.4 Å². The molecule has 0 radical (unpaired) electrons. The minimum Gasteiger partial charge on any atom is -0.481 e. The minimum absolute atomic E-state index is 0.0397. The third-order valence-electron chi connectivity index (χ3n) is 5.66. The van der Waals surface area contributed by atoms with Crippen LogP contribution in [0.25, 0.3) is 0 Å². The Morgan fingerprint density at radius 1 is 1.29 bits per heavy atom. The van der Waals surface area contributed by atoms with Crippen LogP contribution in [0, 0.1) is 12.3 Å². The number of benzene rings is 1. The van der Waals surface area contributed by atoms with E-state index in [0.29, 0.717) is 36.5 Å². The average molecular weight is 351 g/mol. The average Bonchev–Trinajstić information content (AvgIpc) is 2.54. The standard InChI is InChI=1S/C18H23ClN2O3/c1-12-10-13(19)4-5-14(12)16(22)21-9-7-18(17(23)24)6-3-8-20(2)15(18)11-21/h4-5,10,15H,3,6-9,11H2,1-2H3,(H,23,24)/t15-,18+/m1/s1. The highest BCUT2D eigenvalue weighted by Gasteiger charge is 2.52. The fraction of sp³-hybridized carbons (Fsp3) is 0.556. The van der Waals surface area contributed by atoms with Gasteiger partial charge in [-0.15, -0.1) is 0 Å². The molecule has 0 aromatic heterocycles. The molecule has 0 unspecified atom stereocenters. The first-order chi connectivity index (χ1) is 11.3. The van der Waals surface area contributed by atoms with E-state index in [2.05, 4.69) is 4.90 Å². The molecular weight excluding hydrogens is 328 g/mol. The first kappa shape index (κ1) is 17.2. The van der Waals surface area contributed by atoms with Gasteiger partial charge >= 0.3 is 5.97 Å². The predicted molar refractivity (Wildman–Crippen MR) is 92.4 cm³/mol. The maximum absolute atomic E-state index is 12.9. The number of likely N-dealkylation sites (tertiary alicyclic amines) is 2. The number of carboxylic acids is 1. The summed E-state index contributed by atoms with van der Waals surface area (Å²) in [5, 5.41) is 10.4. The van der Waals surface area contributed by atoms with Gasteiger partial charge in [-0.3, -0.25) is 9.59 Å². The molecule has 2 saturated heterocycles. The lowest BCUT2D eigenvalue weighted by Gasteiger charge is -2.51. The van der Waals surface area contributed by atoms with Crippen LogP contribution in [0.15, 0.2) is 18.2 Å². The number of carboxylic acid groups (broad SMARTS) is 1. The number of aryl methyl sites for hydroxylation is 1. The number of halogens is 1. The van der Waals surface area contributed by atoms with E-state index in [1.54, 1.807) is 23.1 Å². The van der Waals surface area contributed by atoms with E-state index in [0.717, 1.165) is 18.5 Å². The topological polar surface area (TPSA) is 60.9 Å². The SMILES string of the molecule is Cc1cc(Cl)ccc1C(=O)N1CC[C@@]2(C(=O)O)CCCN(C)[C@@H]2C1. The lowest BCUT2D eigenvalue weighted by atomic mass is 9.68. The number of hydrogen-bond donors (Lipinski definition) is 1.